The van der Waals surface area contributed by atoms with E-state index in [0.717, 1.165) is 16.9 Å². The topological polar surface area (TPSA) is 60.5 Å². The van der Waals surface area contributed by atoms with Crippen LogP contribution >= 0.6 is 11.3 Å². The smallest absolute Gasteiger partial charge is 0.422 e. The minimum atomic E-state index is -4.47. The Morgan fingerprint density at radius 1 is 1.07 bits per heavy atom. The van der Waals surface area contributed by atoms with E-state index in [9.17, 15) is 18.0 Å². The van der Waals surface area contributed by atoms with Crippen molar-refractivity contribution in [2.75, 3.05) is 11.9 Å². The molecule has 0 atom stereocenters. The zero-order valence-electron chi connectivity index (χ0n) is 16.2. The lowest BCUT2D eigenvalue weighted by Crippen LogP contribution is -2.20. The number of aryl methyl sites for hydroxylation is 2. The lowest BCUT2D eigenvalue weighted by atomic mass is 10.2. The highest BCUT2D eigenvalue weighted by atomic mass is 32.1. The maximum absolute atomic E-state index is 12.7. The minimum absolute atomic E-state index is 0.0618. The predicted octanol–water partition coefficient (Wildman–Crippen LogP) is 5.53. The van der Waals surface area contributed by atoms with Crippen molar-refractivity contribution in [3.8, 4) is 11.5 Å². The third kappa shape index (κ3) is 5.96. The number of hydrogen-bond acceptors (Lipinski definition) is 5. The molecule has 0 unspecified atom stereocenters. The van der Waals surface area contributed by atoms with E-state index < -0.39 is 18.7 Å². The Hall–Kier alpha value is -3.07. The zero-order valence-corrected chi connectivity index (χ0v) is 17.1. The van der Waals surface area contributed by atoms with Crippen LogP contribution in [-0.4, -0.2) is 23.7 Å². The predicted molar refractivity (Wildman–Crippen MR) is 108 cm³/mol. The molecule has 1 N–H and O–H groups in total. The van der Waals surface area contributed by atoms with Crippen molar-refractivity contribution in [1.82, 2.24) is 4.98 Å². The molecule has 0 aliphatic rings. The van der Waals surface area contributed by atoms with Crippen molar-refractivity contribution in [1.29, 1.82) is 0 Å². The average Bonchev–Trinajstić information content (AvgIpc) is 3.07. The van der Waals surface area contributed by atoms with Crippen molar-refractivity contribution in [3.05, 3.63) is 69.7 Å². The van der Waals surface area contributed by atoms with Gasteiger partial charge in [-0.05, 0) is 38.1 Å². The second-order valence-corrected chi connectivity index (χ2v) is 7.56. The Morgan fingerprint density at radius 3 is 2.47 bits per heavy atom. The van der Waals surface area contributed by atoms with E-state index >= 15 is 0 Å². The van der Waals surface area contributed by atoms with Crippen LogP contribution in [0.1, 0.15) is 25.9 Å². The van der Waals surface area contributed by atoms with E-state index in [0.29, 0.717) is 21.3 Å². The number of thiazole rings is 1. The number of halogens is 3. The van der Waals surface area contributed by atoms with Crippen molar-refractivity contribution in [2.24, 2.45) is 0 Å². The summed E-state index contributed by atoms with van der Waals surface area (Å²) in [5, 5.41) is 3.21. The molecule has 0 radical (unpaired) electrons. The van der Waals surface area contributed by atoms with E-state index in [1.165, 1.54) is 18.2 Å². The first-order valence-electron chi connectivity index (χ1n) is 8.97. The van der Waals surface area contributed by atoms with E-state index in [1.54, 1.807) is 13.0 Å². The van der Waals surface area contributed by atoms with Crippen LogP contribution in [0.4, 0.5) is 18.9 Å². The molecule has 1 aromatic heterocycles. The number of para-hydroxylation sites is 2. The highest BCUT2D eigenvalue weighted by Gasteiger charge is 2.29. The number of amides is 1. The maximum Gasteiger partial charge on any atom is 0.422 e. The molecule has 30 heavy (non-hydrogen) atoms. The van der Waals surface area contributed by atoms with Gasteiger partial charge in [0.05, 0.1) is 11.4 Å². The first kappa shape index (κ1) is 21.6. The fraction of sp³-hybridized carbons (Fsp3) is 0.238. The second-order valence-electron chi connectivity index (χ2n) is 6.48. The summed E-state index contributed by atoms with van der Waals surface area (Å²) in [6, 6.07) is 13.5. The molecule has 0 saturated heterocycles. The van der Waals surface area contributed by atoms with E-state index in [4.69, 9.17) is 9.47 Å². The fourth-order valence-electron chi connectivity index (χ4n) is 2.54. The quantitative estimate of drug-likeness (QED) is 0.529. The first-order valence-corrected chi connectivity index (χ1v) is 9.78. The standard InChI is InChI=1S/C21H19F3N2O3S/c1-13-7-9-15(10-8-13)28-11-18-25-14(2)19(30-18)20(27)26-16-5-3-4-6-17(16)29-12-21(22,23)24/h3-10H,11-12H2,1-2H3,(H,26,27). The number of nitrogens with one attached hydrogen (secondary N) is 1. The number of ether oxygens (including phenoxy) is 2. The third-order valence-electron chi connectivity index (χ3n) is 3.96. The maximum atomic E-state index is 12.7. The molecule has 158 valence electrons. The van der Waals surface area contributed by atoms with Gasteiger partial charge >= 0.3 is 6.18 Å². The molecule has 0 bridgehead atoms. The molecule has 1 heterocycles. The minimum Gasteiger partial charge on any atom is -0.486 e. The van der Waals surface area contributed by atoms with Crippen molar-refractivity contribution < 1.29 is 27.4 Å². The molecule has 9 heteroatoms. The van der Waals surface area contributed by atoms with Crippen molar-refractivity contribution >= 4 is 22.9 Å². The average molecular weight is 436 g/mol. The van der Waals surface area contributed by atoms with Crippen LogP contribution in [0.15, 0.2) is 48.5 Å². The van der Waals surface area contributed by atoms with Gasteiger partial charge in [0.2, 0.25) is 0 Å². The van der Waals surface area contributed by atoms with Crippen molar-refractivity contribution in [2.45, 2.75) is 26.6 Å². The SMILES string of the molecule is Cc1ccc(OCc2nc(C)c(C(=O)Nc3ccccc3OCC(F)(F)F)s2)cc1. The van der Waals surface area contributed by atoms with Gasteiger partial charge in [0.1, 0.15) is 28.0 Å². The van der Waals surface area contributed by atoms with Gasteiger partial charge in [-0.2, -0.15) is 13.2 Å². The van der Waals surface area contributed by atoms with Crippen LogP contribution < -0.4 is 14.8 Å². The van der Waals surface area contributed by atoms with Gasteiger partial charge in [0.15, 0.2) is 6.61 Å². The molecule has 2 aromatic carbocycles. The Balaban J connectivity index is 1.67. The molecule has 3 rings (SSSR count). The Bertz CT molecular complexity index is 1020. The molecular weight excluding hydrogens is 417 g/mol. The number of carbonyl (C=O) groups excluding carboxylic acids is 1. The number of anilines is 1. The molecule has 1 amide bonds. The van der Waals surface area contributed by atoms with Gasteiger partial charge in [0.25, 0.3) is 5.91 Å². The van der Waals surface area contributed by atoms with E-state index in [-0.39, 0.29) is 18.0 Å². The Kier molecular flexibility index (Phi) is 6.61. The zero-order chi connectivity index (χ0) is 21.7. The summed E-state index contributed by atoms with van der Waals surface area (Å²) < 4.78 is 47.8. The molecule has 0 fully saturated rings. The lowest BCUT2D eigenvalue weighted by molar-refractivity contribution is -0.153. The van der Waals surface area contributed by atoms with Gasteiger partial charge in [-0.15, -0.1) is 11.3 Å². The van der Waals surface area contributed by atoms with Crippen LogP contribution in [0.3, 0.4) is 0 Å². The van der Waals surface area contributed by atoms with Crippen LogP contribution in [0.2, 0.25) is 0 Å². The largest absolute Gasteiger partial charge is 0.486 e. The summed E-state index contributed by atoms with van der Waals surface area (Å²) in [5.41, 5.74) is 1.77. The summed E-state index contributed by atoms with van der Waals surface area (Å²) in [4.78, 5) is 17.4. The number of rotatable bonds is 7. The number of nitrogens with zero attached hydrogens (tertiary/aromatic N) is 1. The summed E-state index contributed by atoms with van der Waals surface area (Å²) in [5.74, 6) is 0.151. The summed E-state index contributed by atoms with van der Waals surface area (Å²) >= 11 is 1.16. The van der Waals surface area contributed by atoms with Gasteiger partial charge in [-0.3, -0.25) is 4.79 Å². The van der Waals surface area contributed by atoms with Gasteiger partial charge in [-0.25, -0.2) is 4.98 Å². The van der Waals surface area contributed by atoms with Crippen molar-refractivity contribution in [3.63, 3.8) is 0 Å². The van der Waals surface area contributed by atoms with Crippen LogP contribution in [0.25, 0.3) is 0 Å². The van der Waals surface area contributed by atoms with Gasteiger partial charge < -0.3 is 14.8 Å². The molecule has 3 aromatic rings. The number of benzene rings is 2. The van der Waals surface area contributed by atoms with E-state index in [1.807, 2.05) is 31.2 Å². The second kappa shape index (κ2) is 9.17. The number of aromatic nitrogens is 1. The third-order valence-corrected chi connectivity index (χ3v) is 5.09. The monoisotopic (exact) mass is 436 g/mol. The molecule has 0 aliphatic carbocycles. The van der Waals surface area contributed by atoms with E-state index in [2.05, 4.69) is 10.3 Å². The highest BCUT2D eigenvalue weighted by molar-refractivity contribution is 7.13. The summed E-state index contributed by atoms with van der Waals surface area (Å²) in [6.45, 7) is 2.42. The molecule has 0 saturated carbocycles. The van der Waals surface area contributed by atoms with Crippen LogP contribution in [0.5, 0.6) is 11.5 Å². The van der Waals surface area contributed by atoms with Crippen LogP contribution in [-0.2, 0) is 6.61 Å². The molecule has 0 spiro atoms. The fourth-order valence-corrected chi connectivity index (χ4v) is 3.41. The Labute approximate surface area is 175 Å². The number of hydrogen-bond donors (Lipinski definition) is 1. The number of carbonyl (C=O) groups is 1. The van der Waals surface area contributed by atoms with Gasteiger partial charge in [-0.1, -0.05) is 29.8 Å². The normalized spacial score (nSPS) is 11.2. The summed E-state index contributed by atoms with van der Waals surface area (Å²) in [6.07, 6.45) is -4.47. The molecule has 5 nitrogen and oxygen atoms in total. The Morgan fingerprint density at radius 2 is 1.77 bits per heavy atom. The lowest BCUT2D eigenvalue weighted by Gasteiger charge is -2.13. The molecular formula is C21H19F3N2O3S. The first-order chi connectivity index (χ1) is 14.2. The number of alkyl halides is 3. The summed E-state index contributed by atoms with van der Waals surface area (Å²) in [7, 11) is 0. The molecule has 0 aliphatic heterocycles. The van der Waals surface area contributed by atoms with Gasteiger partial charge in [0, 0.05) is 0 Å². The van der Waals surface area contributed by atoms with Crippen LogP contribution in [0, 0.1) is 13.8 Å². The highest BCUT2D eigenvalue weighted by Crippen LogP contribution is 2.28.